The molecule has 2 amide bonds. The van der Waals surface area contributed by atoms with Crippen molar-refractivity contribution in [2.45, 2.75) is 99.5 Å². The van der Waals surface area contributed by atoms with E-state index in [-0.39, 0.29) is 38.4 Å². The van der Waals surface area contributed by atoms with Gasteiger partial charge in [-0.3, -0.25) is 4.79 Å². The van der Waals surface area contributed by atoms with Crippen molar-refractivity contribution < 1.29 is 73.8 Å². The minimum Gasteiger partial charge on any atom is -0.480 e. The highest BCUT2D eigenvalue weighted by Crippen LogP contribution is 2.44. The predicted octanol–water partition coefficient (Wildman–Crippen LogP) is -1.07. The van der Waals surface area contributed by atoms with Crippen LogP contribution >= 0.6 is 0 Å². The minimum atomic E-state index is -1.82. The molecule has 0 bridgehead atoms. The Bertz CT molecular complexity index is 1480. The molecular formula is C35H46N2O15. The van der Waals surface area contributed by atoms with Gasteiger partial charge in [-0.2, -0.15) is 0 Å². The van der Waals surface area contributed by atoms with Gasteiger partial charge in [-0.15, -0.1) is 0 Å². The molecule has 2 aromatic carbocycles. The fourth-order valence-electron chi connectivity index (χ4n) is 6.78. The molecule has 17 heteroatoms. The van der Waals surface area contributed by atoms with Gasteiger partial charge >= 0.3 is 12.1 Å². The third-order valence-corrected chi connectivity index (χ3v) is 9.47. The van der Waals surface area contributed by atoms with E-state index in [1.807, 2.05) is 48.5 Å². The molecule has 0 aromatic heterocycles. The Balaban J connectivity index is 1.14. The van der Waals surface area contributed by atoms with Gasteiger partial charge in [0, 0.05) is 19.4 Å². The second-order valence-electron chi connectivity index (χ2n) is 13.0. The molecule has 0 radical (unpaired) electrons. The molecule has 1 aliphatic carbocycles. The van der Waals surface area contributed by atoms with E-state index in [0.29, 0.717) is 0 Å². The van der Waals surface area contributed by atoms with Gasteiger partial charge in [0.05, 0.1) is 13.2 Å². The first-order valence-corrected chi connectivity index (χ1v) is 17.1. The molecule has 9 N–H and O–H groups in total. The molecule has 286 valence electrons. The van der Waals surface area contributed by atoms with Crippen LogP contribution in [-0.4, -0.2) is 148 Å². The first-order valence-electron chi connectivity index (χ1n) is 17.1. The molecule has 2 saturated heterocycles. The molecule has 2 aromatic rings. The number of aliphatic hydroxyl groups excluding tert-OH is 6. The topological polar surface area (TPSA) is 263 Å². The SMILES string of the molecule is CC(=O)N[C@H]1[C@@H](OCCCC[C@H](NC(=O)OCC2c3ccccc3-c3ccccc32)C(=O)O)O[C@H](CO)[C@H](O)[C@@H]1O[C@@H]1O[C@H](CO)[C@H](O)[C@H](O)[C@H]1O. The van der Waals surface area contributed by atoms with Gasteiger partial charge in [-0.25, -0.2) is 9.59 Å². The lowest BCUT2D eigenvalue weighted by Crippen LogP contribution is -2.68. The van der Waals surface area contributed by atoms with Crippen LogP contribution in [-0.2, 0) is 33.3 Å². The second-order valence-corrected chi connectivity index (χ2v) is 13.0. The van der Waals surface area contributed by atoms with Gasteiger partial charge in [0.2, 0.25) is 5.91 Å². The van der Waals surface area contributed by atoms with Crippen LogP contribution in [0.3, 0.4) is 0 Å². The van der Waals surface area contributed by atoms with E-state index in [4.69, 9.17) is 23.7 Å². The van der Waals surface area contributed by atoms with Gasteiger partial charge in [-0.1, -0.05) is 48.5 Å². The molecule has 2 heterocycles. The number of nitrogens with one attached hydrogen (secondary N) is 2. The summed E-state index contributed by atoms with van der Waals surface area (Å²) in [7, 11) is 0. The van der Waals surface area contributed by atoms with Crippen molar-refractivity contribution in [3.8, 4) is 11.1 Å². The Labute approximate surface area is 299 Å². The van der Waals surface area contributed by atoms with Crippen molar-refractivity contribution in [1.82, 2.24) is 10.6 Å². The first kappa shape index (κ1) is 39.5. The summed E-state index contributed by atoms with van der Waals surface area (Å²) in [5.41, 5.74) is 4.14. The smallest absolute Gasteiger partial charge is 0.407 e. The Morgan fingerprint density at radius 3 is 2.00 bits per heavy atom. The largest absolute Gasteiger partial charge is 0.480 e. The molecule has 2 aliphatic heterocycles. The third kappa shape index (κ3) is 8.88. The van der Waals surface area contributed by atoms with Crippen molar-refractivity contribution in [2.75, 3.05) is 26.4 Å². The number of fused-ring (bicyclic) bond motifs is 3. The number of hydrogen-bond acceptors (Lipinski definition) is 14. The highest BCUT2D eigenvalue weighted by atomic mass is 16.7. The van der Waals surface area contributed by atoms with E-state index >= 15 is 0 Å². The Morgan fingerprint density at radius 2 is 1.40 bits per heavy atom. The van der Waals surface area contributed by atoms with Gasteiger partial charge in [0.25, 0.3) is 0 Å². The van der Waals surface area contributed by atoms with E-state index in [1.165, 1.54) is 6.92 Å². The summed E-state index contributed by atoms with van der Waals surface area (Å²) < 4.78 is 28.2. The zero-order chi connectivity index (χ0) is 37.5. The van der Waals surface area contributed by atoms with Gasteiger partial charge in [-0.05, 0) is 41.5 Å². The normalized spacial score (nSPS) is 30.5. The molecule has 0 spiro atoms. The summed E-state index contributed by atoms with van der Waals surface area (Å²) in [6.45, 7) is -0.294. The van der Waals surface area contributed by atoms with Gasteiger partial charge in [0.15, 0.2) is 12.6 Å². The fourth-order valence-corrected chi connectivity index (χ4v) is 6.78. The zero-order valence-electron chi connectivity index (χ0n) is 28.4. The van der Waals surface area contributed by atoms with Crippen LogP contribution in [0.5, 0.6) is 0 Å². The Hall–Kier alpha value is -3.75. The number of carbonyl (C=O) groups excluding carboxylic acids is 2. The van der Waals surface area contributed by atoms with Crippen LogP contribution in [0.2, 0.25) is 0 Å². The lowest BCUT2D eigenvalue weighted by Gasteiger charge is -2.47. The lowest BCUT2D eigenvalue weighted by atomic mass is 9.95. The van der Waals surface area contributed by atoms with Crippen molar-refractivity contribution in [3.05, 3.63) is 59.7 Å². The highest BCUT2D eigenvalue weighted by molar-refractivity contribution is 5.81. The monoisotopic (exact) mass is 734 g/mol. The van der Waals surface area contributed by atoms with E-state index < -0.39 is 98.6 Å². The number of ether oxygens (including phenoxy) is 5. The van der Waals surface area contributed by atoms with Crippen LogP contribution in [0.1, 0.15) is 43.2 Å². The maximum atomic E-state index is 12.7. The number of alkyl carbamates (subject to hydrolysis) is 1. The molecular weight excluding hydrogens is 688 g/mol. The maximum Gasteiger partial charge on any atom is 0.407 e. The molecule has 0 saturated carbocycles. The van der Waals surface area contributed by atoms with Crippen molar-refractivity contribution >= 4 is 18.0 Å². The average Bonchev–Trinajstić information content (AvgIpc) is 3.45. The first-order chi connectivity index (χ1) is 24.9. The highest BCUT2D eigenvalue weighted by Gasteiger charge is 2.51. The van der Waals surface area contributed by atoms with E-state index in [9.17, 15) is 50.1 Å². The number of carbonyl (C=O) groups is 3. The van der Waals surface area contributed by atoms with Crippen LogP contribution in [0.25, 0.3) is 11.1 Å². The predicted molar refractivity (Wildman–Crippen MR) is 177 cm³/mol. The van der Waals surface area contributed by atoms with Crippen LogP contribution in [0, 0.1) is 0 Å². The zero-order valence-corrected chi connectivity index (χ0v) is 28.4. The summed E-state index contributed by atoms with van der Waals surface area (Å²) >= 11 is 0. The third-order valence-electron chi connectivity index (χ3n) is 9.47. The van der Waals surface area contributed by atoms with E-state index in [0.717, 1.165) is 22.3 Å². The van der Waals surface area contributed by atoms with E-state index in [1.54, 1.807) is 0 Å². The lowest BCUT2D eigenvalue weighted by molar-refractivity contribution is -0.344. The van der Waals surface area contributed by atoms with Crippen LogP contribution in [0.15, 0.2) is 48.5 Å². The molecule has 52 heavy (non-hydrogen) atoms. The number of rotatable bonds is 15. The number of carboxylic acids is 1. The summed E-state index contributed by atoms with van der Waals surface area (Å²) in [4.78, 5) is 36.9. The van der Waals surface area contributed by atoms with Crippen LogP contribution < -0.4 is 10.6 Å². The minimum absolute atomic E-state index is 0.0154. The summed E-state index contributed by atoms with van der Waals surface area (Å²) in [6.07, 6.45) is -14.3. The summed E-state index contributed by atoms with van der Waals surface area (Å²) in [5.74, 6) is -2.04. The van der Waals surface area contributed by atoms with E-state index in [2.05, 4.69) is 10.6 Å². The van der Waals surface area contributed by atoms with Gasteiger partial charge in [0.1, 0.15) is 61.4 Å². The number of hydrogen-bond donors (Lipinski definition) is 9. The van der Waals surface area contributed by atoms with Crippen molar-refractivity contribution in [3.63, 3.8) is 0 Å². The molecule has 17 nitrogen and oxygen atoms in total. The summed E-state index contributed by atoms with van der Waals surface area (Å²) in [6, 6.07) is 13.1. The quantitative estimate of drug-likeness (QED) is 0.0988. The number of aliphatic hydroxyl groups is 6. The molecule has 11 atom stereocenters. The number of carboxylic acid groups (broad SMARTS) is 1. The van der Waals surface area contributed by atoms with Gasteiger partial charge < -0.3 is 70.1 Å². The summed E-state index contributed by atoms with van der Waals surface area (Å²) in [5, 5.41) is 75.9. The average molecular weight is 735 g/mol. The molecule has 5 rings (SSSR count). The molecule has 3 aliphatic rings. The maximum absolute atomic E-state index is 12.7. The Morgan fingerprint density at radius 1 is 0.808 bits per heavy atom. The standard InChI is InChI=1S/C35H46N2O15/c1-17(40)36-26-31(52-34-30(44)29(43)27(41)24(14-38)51-34)28(42)25(15-39)50-33(26)48-13-7-6-12-23(32(45)46)37-35(47)49-16-22-20-10-4-2-8-18(20)19-9-3-5-11-21(19)22/h2-5,8-11,22-31,33-34,38-39,41-44H,6-7,12-16H2,1H3,(H,36,40)(H,37,47)(H,45,46)/t23-,24+,25+,26+,27-,28-,29-,30+,31+,33-,34-/m0/s1. The molecule has 2 fully saturated rings. The van der Waals surface area contributed by atoms with Crippen LogP contribution in [0.4, 0.5) is 4.79 Å². The van der Waals surface area contributed by atoms with Crippen molar-refractivity contribution in [2.24, 2.45) is 0 Å². The fraction of sp³-hybridized carbons (Fsp3) is 0.571. The Kier molecular flexibility index (Phi) is 13.5. The number of aliphatic carboxylic acids is 1. The molecule has 0 unspecified atom stereocenters. The second kappa shape index (κ2) is 17.8. The number of unbranched alkanes of at least 4 members (excludes halogenated alkanes) is 1. The number of amides is 2. The van der Waals surface area contributed by atoms with Crippen molar-refractivity contribution in [1.29, 1.82) is 0 Å². The number of benzene rings is 2.